The van der Waals surface area contributed by atoms with Crippen molar-refractivity contribution in [1.29, 1.82) is 5.26 Å². The molecule has 0 radical (unpaired) electrons. The van der Waals surface area contributed by atoms with Gasteiger partial charge in [-0.15, -0.1) is 0 Å². The van der Waals surface area contributed by atoms with Gasteiger partial charge in [0.15, 0.2) is 0 Å². The van der Waals surface area contributed by atoms with Crippen molar-refractivity contribution in [2.45, 2.75) is 6.54 Å². The van der Waals surface area contributed by atoms with E-state index in [1.807, 2.05) is 6.07 Å². The van der Waals surface area contributed by atoms with Gasteiger partial charge in [0.2, 0.25) is 0 Å². The van der Waals surface area contributed by atoms with E-state index in [4.69, 9.17) is 4.74 Å². The topological polar surface area (TPSA) is 36.3 Å². The molecule has 2 aliphatic heterocycles. The first-order valence-corrected chi connectivity index (χ1v) is 6.06. The van der Waals surface area contributed by atoms with Crippen LogP contribution in [0, 0.1) is 22.7 Å². The zero-order valence-electron chi connectivity index (χ0n) is 9.80. The summed E-state index contributed by atoms with van der Waals surface area (Å²) in [5, 5.41) is 9.22. The Kier molecular flexibility index (Phi) is 2.62. The lowest BCUT2D eigenvalue weighted by Crippen LogP contribution is -2.48. The van der Waals surface area contributed by atoms with Crippen molar-refractivity contribution in [1.82, 2.24) is 4.90 Å². The van der Waals surface area contributed by atoms with Crippen molar-refractivity contribution in [2.24, 2.45) is 11.3 Å². The maximum atomic E-state index is 9.22. The van der Waals surface area contributed by atoms with E-state index < -0.39 is 0 Å². The van der Waals surface area contributed by atoms with Crippen LogP contribution in [0.3, 0.4) is 0 Å². The summed E-state index contributed by atoms with van der Waals surface area (Å²) < 4.78 is 5.31. The normalized spacial score (nSPS) is 26.6. The summed E-state index contributed by atoms with van der Waals surface area (Å²) in [6.45, 7) is 4.35. The van der Waals surface area contributed by atoms with Crippen LogP contribution in [0.15, 0.2) is 30.3 Å². The van der Waals surface area contributed by atoms with Gasteiger partial charge in [-0.3, -0.25) is 4.90 Å². The molecule has 1 atom stereocenters. The van der Waals surface area contributed by atoms with E-state index in [2.05, 4.69) is 35.2 Å². The predicted octanol–water partition coefficient (Wildman–Crippen LogP) is 1.66. The second-order valence-corrected chi connectivity index (χ2v) is 5.19. The van der Waals surface area contributed by atoms with E-state index in [-0.39, 0.29) is 11.3 Å². The maximum Gasteiger partial charge on any atom is 0.0703 e. The highest BCUT2D eigenvalue weighted by Crippen LogP contribution is 2.42. The van der Waals surface area contributed by atoms with Crippen molar-refractivity contribution in [3.63, 3.8) is 0 Å². The molecule has 2 saturated heterocycles. The summed E-state index contributed by atoms with van der Waals surface area (Å²) in [6, 6.07) is 12.9. The molecule has 3 nitrogen and oxygen atoms in total. The maximum absolute atomic E-state index is 9.22. The Hall–Kier alpha value is -1.37. The quantitative estimate of drug-likeness (QED) is 0.772. The number of rotatable bonds is 2. The lowest BCUT2D eigenvalue weighted by molar-refractivity contribution is -0.118. The Balaban J connectivity index is 1.69. The largest absolute Gasteiger partial charge is 0.380 e. The Labute approximate surface area is 102 Å². The molecule has 88 valence electrons. The van der Waals surface area contributed by atoms with E-state index in [9.17, 15) is 5.26 Å². The van der Waals surface area contributed by atoms with Crippen molar-refractivity contribution < 1.29 is 4.74 Å². The van der Waals surface area contributed by atoms with Crippen LogP contribution in [0.25, 0.3) is 0 Å². The third kappa shape index (κ3) is 1.84. The third-order valence-corrected chi connectivity index (χ3v) is 3.90. The number of hydrogen-bond donors (Lipinski definition) is 0. The van der Waals surface area contributed by atoms with Crippen LogP contribution < -0.4 is 0 Å². The first-order chi connectivity index (χ1) is 8.32. The molecule has 1 unspecified atom stereocenters. The number of ether oxygens (including phenoxy) is 1. The third-order valence-electron chi connectivity index (χ3n) is 3.90. The SMILES string of the molecule is N#CC1CN(Cc2ccccc2)CC12COC2. The number of benzene rings is 1. The molecular formula is C14H16N2O. The molecule has 2 aliphatic rings. The number of nitriles is 1. The van der Waals surface area contributed by atoms with Crippen LogP contribution in [0.4, 0.5) is 0 Å². The molecule has 3 heteroatoms. The molecule has 0 aromatic heterocycles. The van der Waals surface area contributed by atoms with Gasteiger partial charge < -0.3 is 4.74 Å². The van der Waals surface area contributed by atoms with Crippen molar-refractivity contribution in [3.8, 4) is 6.07 Å². The van der Waals surface area contributed by atoms with Gasteiger partial charge in [-0.25, -0.2) is 0 Å². The summed E-state index contributed by atoms with van der Waals surface area (Å²) in [5.41, 5.74) is 1.45. The van der Waals surface area contributed by atoms with Gasteiger partial charge >= 0.3 is 0 Å². The van der Waals surface area contributed by atoms with Crippen molar-refractivity contribution in [3.05, 3.63) is 35.9 Å². The number of nitrogens with zero attached hydrogens (tertiary/aromatic N) is 2. The fourth-order valence-corrected chi connectivity index (χ4v) is 2.87. The number of hydrogen-bond acceptors (Lipinski definition) is 3. The van der Waals surface area contributed by atoms with Crippen LogP contribution in [0.2, 0.25) is 0 Å². The summed E-state index contributed by atoms with van der Waals surface area (Å²) in [7, 11) is 0. The minimum atomic E-state index is 0.129. The van der Waals surface area contributed by atoms with E-state index >= 15 is 0 Å². The molecule has 2 heterocycles. The fourth-order valence-electron chi connectivity index (χ4n) is 2.87. The molecule has 2 fully saturated rings. The van der Waals surface area contributed by atoms with Crippen molar-refractivity contribution >= 4 is 0 Å². The fraction of sp³-hybridized carbons (Fsp3) is 0.500. The van der Waals surface area contributed by atoms with E-state index in [0.717, 1.165) is 32.8 Å². The first kappa shape index (κ1) is 10.8. The minimum absolute atomic E-state index is 0.129. The highest BCUT2D eigenvalue weighted by Gasteiger charge is 2.52. The Morgan fingerprint density at radius 3 is 2.65 bits per heavy atom. The van der Waals surface area contributed by atoms with Crippen molar-refractivity contribution in [2.75, 3.05) is 26.3 Å². The minimum Gasteiger partial charge on any atom is -0.380 e. The smallest absolute Gasteiger partial charge is 0.0703 e. The molecule has 0 bridgehead atoms. The highest BCUT2D eigenvalue weighted by atomic mass is 16.5. The van der Waals surface area contributed by atoms with Gasteiger partial charge in [-0.1, -0.05) is 30.3 Å². The van der Waals surface area contributed by atoms with E-state index in [1.165, 1.54) is 5.56 Å². The molecule has 3 rings (SSSR count). The average Bonchev–Trinajstić information content (AvgIpc) is 2.69. The van der Waals surface area contributed by atoms with Gasteiger partial charge in [0.25, 0.3) is 0 Å². The van der Waals surface area contributed by atoms with E-state index in [1.54, 1.807) is 0 Å². The molecule has 0 amide bonds. The molecule has 17 heavy (non-hydrogen) atoms. The average molecular weight is 228 g/mol. The van der Waals surface area contributed by atoms with Crippen LogP contribution in [0.5, 0.6) is 0 Å². The van der Waals surface area contributed by atoms with Crippen LogP contribution in [-0.4, -0.2) is 31.2 Å². The molecule has 1 aromatic carbocycles. The Bertz CT molecular complexity index is 433. The van der Waals surface area contributed by atoms with Crippen LogP contribution in [0.1, 0.15) is 5.56 Å². The molecule has 1 spiro atoms. The van der Waals surface area contributed by atoms with Crippen LogP contribution >= 0.6 is 0 Å². The lowest BCUT2D eigenvalue weighted by atomic mass is 9.77. The molecule has 0 aliphatic carbocycles. The van der Waals surface area contributed by atoms with Gasteiger partial charge in [-0.2, -0.15) is 5.26 Å². The summed E-state index contributed by atoms with van der Waals surface area (Å²) in [5.74, 6) is 0.139. The zero-order chi connectivity index (χ0) is 11.7. The monoisotopic (exact) mass is 228 g/mol. The zero-order valence-corrected chi connectivity index (χ0v) is 9.80. The predicted molar refractivity (Wildman–Crippen MR) is 64.1 cm³/mol. The van der Waals surface area contributed by atoms with E-state index in [0.29, 0.717) is 0 Å². The number of likely N-dealkylation sites (tertiary alicyclic amines) is 1. The van der Waals surface area contributed by atoms with Gasteiger partial charge in [0.05, 0.1) is 25.2 Å². The standard InChI is InChI=1S/C14H16N2O/c15-6-13-8-16(9-14(13)10-17-11-14)7-12-4-2-1-3-5-12/h1-5,13H,7-11H2. The Morgan fingerprint density at radius 1 is 1.35 bits per heavy atom. The molecular weight excluding hydrogens is 212 g/mol. The molecule has 1 aromatic rings. The highest BCUT2D eigenvalue weighted by molar-refractivity contribution is 5.16. The lowest BCUT2D eigenvalue weighted by Gasteiger charge is -2.39. The first-order valence-electron chi connectivity index (χ1n) is 6.06. The van der Waals surface area contributed by atoms with Crippen LogP contribution in [-0.2, 0) is 11.3 Å². The second kappa shape index (κ2) is 4.14. The van der Waals surface area contributed by atoms with Gasteiger partial charge in [0, 0.05) is 25.0 Å². The Morgan fingerprint density at radius 2 is 2.12 bits per heavy atom. The van der Waals surface area contributed by atoms with Gasteiger partial charge in [-0.05, 0) is 5.56 Å². The summed E-state index contributed by atoms with van der Waals surface area (Å²) in [6.07, 6.45) is 0. The summed E-state index contributed by atoms with van der Waals surface area (Å²) >= 11 is 0. The van der Waals surface area contributed by atoms with Gasteiger partial charge in [0.1, 0.15) is 0 Å². The molecule has 0 N–H and O–H groups in total. The summed E-state index contributed by atoms with van der Waals surface area (Å²) in [4.78, 5) is 2.38. The second-order valence-electron chi connectivity index (χ2n) is 5.19. The molecule has 0 saturated carbocycles.